The highest BCUT2D eigenvalue weighted by atomic mass is 16.7. The second-order valence-corrected chi connectivity index (χ2v) is 3.71. The molecule has 3 atom stereocenters. The zero-order valence-electron chi connectivity index (χ0n) is 9.00. The van der Waals surface area contributed by atoms with Crippen molar-refractivity contribution in [3.63, 3.8) is 0 Å². The second kappa shape index (κ2) is 6.63. The van der Waals surface area contributed by atoms with E-state index in [2.05, 4.69) is 10.0 Å². The van der Waals surface area contributed by atoms with Gasteiger partial charge in [-0.15, -0.1) is 0 Å². The minimum Gasteiger partial charge on any atom is -0.350 e. The van der Waals surface area contributed by atoms with Gasteiger partial charge >= 0.3 is 0 Å². The molecule has 1 aliphatic rings. The first kappa shape index (κ1) is 12.3. The van der Waals surface area contributed by atoms with Gasteiger partial charge in [0.2, 0.25) is 0 Å². The van der Waals surface area contributed by atoms with E-state index < -0.39 is 0 Å². The monoisotopic (exact) mass is 214 g/mol. The quantitative estimate of drug-likeness (QED) is 0.427. The van der Waals surface area contributed by atoms with Crippen LogP contribution in [0.2, 0.25) is 0 Å². The molecule has 0 aromatic carbocycles. The highest BCUT2D eigenvalue weighted by molar-refractivity contribution is 4.67. The maximum Gasteiger partial charge on any atom is 0.158 e. The fourth-order valence-electron chi connectivity index (χ4n) is 1.58. The van der Waals surface area contributed by atoms with Gasteiger partial charge in [0.15, 0.2) is 6.29 Å². The van der Waals surface area contributed by atoms with Crippen molar-refractivity contribution in [3.8, 4) is 0 Å². The van der Waals surface area contributed by atoms with Crippen molar-refractivity contribution in [2.75, 3.05) is 13.1 Å². The number of nitrogens with zero attached hydrogens (tertiary/aromatic N) is 3. The first-order chi connectivity index (χ1) is 7.26. The molecule has 0 aromatic rings. The molecule has 6 heteroatoms. The lowest BCUT2D eigenvalue weighted by atomic mass is 10.1. The van der Waals surface area contributed by atoms with E-state index in [9.17, 15) is 0 Å². The molecule has 3 unspecified atom stereocenters. The minimum atomic E-state index is -0.240. The van der Waals surface area contributed by atoms with Gasteiger partial charge in [0.25, 0.3) is 0 Å². The molecule has 6 nitrogen and oxygen atoms in total. The molecule has 0 bridgehead atoms. The summed E-state index contributed by atoms with van der Waals surface area (Å²) >= 11 is 0. The molecule has 1 heterocycles. The molecule has 1 aliphatic heterocycles. The molecule has 0 spiro atoms. The molecule has 15 heavy (non-hydrogen) atoms. The topological polar surface area (TPSA) is 93.2 Å². The number of rotatable bonds is 5. The average molecular weight is 214 g/mol. The Morgan fingerprint density at radius 1 is 1.67 bits per heavy atom. The Labute approximate surface area is 89.4 Å². The molecule has 0 aliphatic carbocycles. The molecule has 1 rings (SSSR count). The smallest absolute Gasteiger partial charge is 0.158 e. The van der Waals surface area contributed by atoms with Crippen LogP contribution in [0.1, 0.15) is 26.2 Å². The number of hydrogen-bond donors (Lipinski definition) is 1. The highest BCUT2D eigenvalue weighted by Crippen LogP contribution is 2.20. The van der Waals surface area contributed by atoms with E-state index in [1.807, 2.05) is 6.92 Å². The summed E-state index contributed by atoms with van der Waals surface area (Å²) in [6.45, 7) is 2.63. The van der Waals surface area contributed by atoms with Gasteiger partial charge in [-0.2, -0.15) is 0 Å². The van der Waals surface area contributed by atoms with E-state index in [1.54, 1.807) is 0 Å². The Bertz CT molecular complexity index is 230. The summed E-state index contributed by atoms with van der Waals surface area (Å²) in [6.07, 6.45) is 2.86. The Hall–Kier alpha value is -0.810. The maximum atomic E-state index is 8.19. The van der Waals surface area contributed by atoms with Crippen LogP contribution in [0.3, 0.4) is 0 Å². The molecular weight excluding hydrogens is 196 g/mol. The number of azide groups is 1. The maximum absolute atomic E-state index is 8.19. The first-order valence-corrected chi connectivity index (χ1v) is 5.28. The lowest BCUT2D eigenvalue weighted by Gasteiger charge is -2.30. The van der Waals surface area contributed by atoms with Gasteiger partial charge < -0.3 is 15.2 Å². The zero-order chi connectivity index (χ0) is 11.1. The van der Waals surface area contributed by atoms with Crippen LogP contribution >= 0.6 is 0 Å². The third-order valence-electron chi connectivity index (χ3n) is 2.39. The predicted octanol–water partition coefficient (Wildman–Crippen LogP) is 1.56. The first-order valence-electron chi connectivity index (χ1n) is 5.28. The summed E-state index contributed by atoms with van der Waals surface area (Å²) in [5, 5.41) is 3.45. The van der Waals surface area contributed by atoms with Crippen molar-refractivity contribution in [1.82, 2.24) is 0 Å². The lowest BCUT2D eigenvalue weighted by molar-refractivity contribution is -0.207. The summed E-state index contributed by atoms with van der Waals surface area (Å²) in [7, 11) is 0. The van der Waals surface area contributed by atoms with Crippen molar-refractivity contribution in [3.05, 3.63) is 10.4 Å². The Balaban J connectivity index is 2.33. The van der Waals surface area contributed by atoms with Crippen molar-refractivity contribution in [2.24, 2.45) is 10.8 Å². The van der Waals surface area contributed by atoms with Crippen LogP contribution in [-0.2, 0) is 9.47 Å². The summed E-state index contributed by atoms with van der Waals surface area (Å²) < 4.78 is 11.2. The number of ether oxygens (including phenoxy) is 2. The Morgan fingerprint density at radius 3 is 3.07 bits per heavy atom. The van der Waals surface area contributed by atoms with Crippen LogP contribution in [0, 0.1) is 0 Å². The van der Waals surface area contributed by atoms with Gasteiger partial charge in [-0.1, -0.05) is 5.11 Å². The van der Waals surface area contributed by atoms with Crippen LogP contribution in [0.4, 0.5) is 0 Å². The summed E-state index contributed by atoms with van der Waals surface area (Å²) in [6, 6.07) is 0. The van der Waals surface area contributed by atoms with E-state index in [0.29, 0.717) is 6.54 Å². The Morgan fingerprint density at radius 2 is 2.47 bits per heavy atom. The largest absolute Gasteiger partial charge is 0.350 e. The SMILES string of the molecule is CC1CCCC(OC(CN)CN=[N+]=[N-])O1. The minimum absolute atomic E-state index is 0.198. The van der Waals surface area contributed by atoms with E-state index in [-0.39, 0.29) is 25.0 Å². The lowest BCUT2D eigenvalue weighted by Crippen LogP contribution is -2.36. The normalized spacial score (nSPS) is 28.1. The molecule has 0 saturated carbocycles. The molecule has 1 saturated heterocycles. The van der Waals surface area contributed by atoms with Gasteiger partial charge in [-0.25, -0.2) is 0 Å². The zero-order valence-corrected chi connectivity index (χ0v) is 9.00. The van der Waals surface area contributed by atoms with Gasteiger partial charge in [-0.3, -0.25) is 0 Å². The van der Waals surface area contributed by atoms with Gasteiger partial charge in [-0.05, 0) is 31.7 Å². The summed E-state index contributed by atoms with van der Waals surface area (Å²) in [4.78, 5) is 2.68. The van der Waals surface area contributed by atoms with Crippen LogP contribution < -0.4 is 5.73 Å². The van der Waals surface area contributed by atoms with Crippen molar-refractivity contribution < 1.29 is 9.47 Å². The van der Waals surface area contributed by atoms with Gasteiger partial charge in [0.05, 0.1) is 18.8 Å². The summed E-state index contributed by atoms with van der Waals surface area (Å²) in [5.41, 5.74) is 13.7. The molecule has 2 N–H and O–H groups in total. The highest BCUT2D eigenvalue weighted by Gasteiger charge is 2.22. The van der Waals surface area contributed by atoms with Crippen LogP contribution in [0.25, 0.3) is 10.4 Å². The second-order valence-electron chi connectivity index (χ2n) is 3.71. The fraction of sp³-hybridized carbons (Fsp3) is 1.00. The molecule has 0 amide bonds. The summed E-state index contributed by atoms with van der Waals surface area (Å²) in [5.74, 6) is 0. The van der Waals surface area contributed by atoms with E-state index in [0.717, 1.165) is 19.3 Å². The third kappa shape index (κ3) is 4.48. The predicted molar refractivity (Wildman–Crippen MR) is 56.1 cm³/mol. The van der Waals surface area contributed by atoms with Crippen molar-refractivity contribution in [1.29, 1.82) is 0 Å². The average Bonchev–Trinajstić information content (AvgIpc) is 2.24. The van der Waals surface area contributed by atoms with E-state index >= 15 is 0 Å². The number of hydrogen-bond acceptors (Lipinski definition) is 4. The Kier molecular flexibility index (Phi) is 5.42. The van der Waals surface area contributed by atoms with Gasteiger partial charge in [0.1, 0.15) is 0 Å². The molecule has 0 radical (unpaired) electrons. The molecule has 1 fully saturated rings. The molecule has 86 valence electrons. The van der Waals surface area contributed by atoms with Crippen LogP contribution in [0.15, 0.2) is 5.11 Å². The van der Waals surface area contributed by atoms with Crippen molar-refractivity contribution >= 4 is 0 Å². The van der Waals surface area contributed by atoms with Crippen LogP contribution in [0.5, 0.6) is 0 Å². The van der Waals surface area contributed by atoms with E-state index in [1.165, 1.54) is 0 Å². The molecule has 0 aromatic heterocycles. The van der Waals surface area contributed by atoms with E-state index in [4.69, 9.17) is 20.7 Å². The standard InChI is InChI=1S/C9H18N4O2/c1-7-3-2-4-9(14-7)15-8(5-10)6-12-13-11/h7-9H,2-6,10H2,1H3. The molecular formula is C9H18N4O2. The van der Waals surface area contributed by atoms with Crippen molar-refractivity contribution in [2.45, 2.75) is 44.7 Å². The fourth-order valence-corrected chi connectivity index (χ4v) is 1.58. The number of nitrogens with two attached hydrogens (primary N) is 1. The van der Waals surface area contributed by atoms with Crippen LogP contribution in [-0.4, -0.2) is 31.6 Å². The third-order valence-corrected chi connectivity index (χ3v) is 2.39. The van der Waals surface area contributed by atoms with Gasteiger partial charge in [0, 0.05) is 11.5 Å².